The highest BCUT2D eigenvalue weighted by Gasteiger charge is 2.43. The van der Waals surface area contributed by atoms with Crippen LogP contribution in [0, 0.1) is 11.3 Å². The maximum atomic E-state index is 13.9. The van der Waals surface area contributed by atoms with Gasteiger partial charge in [0.15, 0.2) is 0 Å². The monoisotopic (exact) mass is 577 g/mol. The van der Waals surface area contributed by atoms with E-state index in [1.807, 2.05) is 23.1 Å². The van der Waals surface area contributed by atoms with Crippen molar-refractivity contribution in [2.24, 2.45) is 0 Å². The van der Waals surface area contributed by atoms with Gasteiger partial charge in [0.05, 0.1) is 18.2 Å². The van der Waals surface area contributed by atoms with Crippen molar-refractivity contribution >= 4 is 29.4 Å². The highest BCUT2D eigenvalue weighted by molar-refractivity contribution is 6.30. The Morgan fingerprint density at radius 2 is 1.93 bits per heavy atom. The summed E-state index contributed by atoms with van der Waals surface area (Å²) in [6.45, 7) is 0.892. The minimum Gasteiger partial charge on any atom is -0.449 e. The van der Waals surface area contributed by atoms with Gasteiger partial charge in [0.2, 0.25) is 5.91 Å². The Balaban J connectivity index is 1.51. The van der Waals surface area contributed by atoms with E-state index in [0.29, 0.717) is 35.9 Å². The first-order chi connectivity index (χ1) is 19.1. The molecule has 2 saturated heterocycles. The molecule has 2 amide bonds. The maximum Gasteiger partial charge on any atom is 0.409 e. The van der Waals surface area contributed by atoms with Crippen molar-refractivity contribution in [1.82, 2.24) is 14.8 Å². The number of likely N-dealkylation sites (tertiary alicyclic amines) is 1. The summed E-state index contributed by atoms with van der Waals surface area (Å²) in [5.41, 5.74) is 1.32. The van der Waals surface area contributed by atoms with E-state index >= 15 is 0 Å². The van der Waals surface area contributed by atoms with Crippen LogP contribution in [0.2, 0.25) is 5.02 Å². The lowest BCUT2D eigenvalue weighted by atomic mass is 9.93. The lowest BCUT2D eigenvalue weighted by molar-refractivity contribution is -0.137. The Bertz CT molecular complexity index is 1220. The van der Waals surface area contributed by atoms with Gasteiger partial charge in [0, 0.05) is 50.2 Å². The average molecular weight is 578 g/mol. The fraction of sp³-hybridized carbons (Fsp3) is 0.500. The minimum atomic E-state index is -4.31. The van der Waals surface area contributed by atoms with Gasteiger partial charge in [-0.15, -0.1) is 0 Å². The van der Waals surface area contributed by atoms with Gasteiger partial charge < -0.3 is 19.4 Å². The van der Waals surface area contributed by atoms with Crippen molar-refractivity contribution < 1.29 is 27.5 Å². The molecule has 40 heavy (non-hydrogen) atoms. The summed E-state index contributed by atoms with van der Waals surface area (Å²) in [7, 11) is 1.54. The SMILES string of the molecule is CN(C(=O)OCCCC(F)(F)F)[C@@H]1CN(C(=O)C2CCCCN2c2ccc(C#N)cn2)C[C@H]1c1ccc(Cl)cc1. The first-order valence-electron chi connectivity index (χ1n) is 13.2. The number of hydrogen-bond acceptors (Lipinski definition) is 6. The summed E-state index contributed by atoms with van der Waals surface area (Å²) < 4.78 is 42.6. The summed E-state index contributed by atoms with van der Waals surface area (Å²) in [6, 6.07) is 11.8. The van der Waals surface area contributed by atoms with Gasteiger partial charge in [-0.1, -0.05) is 23.7 Å². The van der Waals surface area contributed by atoms with Crippen molar-refractivity contribution in [1.29, 1.82) is 5.26 Å². The fourth-order valence-electron chi connectivity index (χ4n) is 5.36. The molecule has 1 aromatic carbocycles. The van der Waals surface area contributed by atoms with Crippen LogP contribution in [0.25, 0.3) is 0 Å². The third-order valence-electron chi connectivity index (χ3n) is 7.47. The van der Waals surface area contributed by atoms with Crippen molar-refractivity contribution in [3.8, 4) is 6.07 Å². The molecule has 2 aliphatic heterocycles. The number of amides is 2. The molecule has 0 saturated carbocycles. The summed E-state index contributed by atoms with van der Waals surface area (Å²) in [5.74, 6) is 0.292. The highest BCUT2D eigenvalue weighted by atomic mass is 35.5. The van der Waals surface area contributed by atoms with Crippen LogP contribution in [0.3, 0.4) is 0 Å². The number of carbonyl (C=O) groups excluding carboxylic acids is 2. The molecule has 4 rings (SSSR count). The normalized spacial score (nSPS) is 21.1. The molecule has 0 spiro atoms. The lowest BCUT2D eigenvalue weighted by Crippen LogP contribution is -2.51. The second kappa shape index (κ2) is 12.8. The van der Waals surface area contributed by atoms with E-state index in [1.165, 1.54) is 11.1 Å². The summed E-state index contributed by atoms with van der Waals surface area (Å²) in [5, 5.41) is 9.66. The van der Waals surface area contributed by atoms with Crippen LogP contribution >= 0.6 is 11.6 Å². The number of benzene rings is 1. The van der Waals surface area contributed by atoms with Gasteiger partial charge >= 0.3 is 12.3 Å². The number of nitriles is 1. The van der Waals surface area contributed by atoms with E-state index in [1.54, 1.807) is 36.2 Å². The first-order valence-corrected chi connectivity index (χ1v) is 13.6. The van der Waals surface area contributed by atoms with Crippen LogP contribution in [-0.4, -0.2) is 78.3 Å². The number of alkyl halides is 3. The topological polar surface area (TPSA) is 89.8 Å². The Kier molecular flexibility index (Phi) is 9.40. The van der Waals surface area contributed by atoms with E-state index in [2.05, 4.69) is 4.98 Å². The quantitative estimate of drug-likeness (QED) is 0.411. The van der Waals surface area contributed by atoms with Gasteiger partial charge in [-0.25, -0.2) is 9.78 Å². The predicted molar refractivity (Wildman–Crippen MR) is 143 cm³/mol. The molecule has 0 aliphatic carbocycles. The highest BCUT2D eigenvalue weighted by Crippen LogP contribution is 2.34. The zero-order valence-corrected chi connectivity index (χ0v) is 22.9. The number of aromatic nitrogens is 1. The Morgan fingerprint density at radius 3 is 2.58 bits per heavy atom. The third-order valence-corrected chi connectivity index (χ3v) is 7.73. The first kappa shape index (κ1) is 29.5. The van der Waals surface area contributed by atoms with Gasteiger partial charge in [-0.2, -0.15) is 18.4 Å². The van der Waals surface area contributed by atoms with Crippen LogP contribution in [0.15, 0.2) is 42.6 Å². The van der Waals surface area contributed by atoms with Gasteiger partial charge in [-0.05, 0) is 55.5 Å². The van der Waals surface area contributed by atoms with E-state index in [4.69, 9.17) is 21.6 Å². The number of rotatable bonds is 7. The van der Waals surface area contributed by atoms with E-state index < -0.39 is 30.8 Å². The third kappa shape index (κ3) is 7.16. The molecule has 0 N–H and O–H groups in total. The standard InChI is InChI=1S/C28H31ClF3N5O3/c1-35(27(39)40-14-4-12-28(30,31)32)24-18-36(17-22(24)20-7-9-21(29)10-8-20)26(38)23-5-2-3-13-37(23)25-11-6-19(15-33)16-34-25/h6-11,16,22-24H,2-5,12-14,17-18H2,1H3/t22-,23?,24+/m0/s1. The number of anilines is 1. The van der Waals surface area contributed by atoms with Gasteiger partial charge in [0.1, 0.15) is 17.9 Å². The molecule has 3 heterocycles. The molecular weight excluding hydrogens is 547 g/mol. The Morgan fingerprint density at radius 1 is 1.18 bits per heavy atom. The largest absolute Gasteiger partial charge is 0.449 e. The predicted octanol–water partition coefficient (Wildman–Crippen LogP) is 5.37. The number of likely N-dealkylation sites (N-methyl/N-ethyl adjacent to an activating group) is 1. The second-order valence-corrected chi connectivity index (χ2v) is 10.6. The van der Waals surface area contributed by atoms with Crippen molar-refractivity contribution in [2.75, 3.05) is 38.2 Å². The molecular formula is C28H31ClF3N5O3. The summed E-state index contributed by atoms with van der Waals surface area (Å²) in [6.07, 6.45) is -2.48. The zero-order chi connectivity index (χ0) is 28.9. The maximum absolute atomic E-state index is 13.9. The Labute approximate surface area is 236 Å². The number of halogens is 4. The molecule has 0 radical (unpaired) electrons. The number of carbonyl (C=O) groups is 2. The molecule has 214 valence electrons. The van der Waals surface area contributed by atoms with Crippen LogP contribution in [0.1, 0.15) is 49.1 Å². The van der Waals surface area contributed by atoms with Crippen LogP contribution in [0.5, 0.6) is 0 Å². The van der Waals surface area contributed by atoms with Crippen molar-refractivity contribution in [2.45, 2.75) is 56.3 Å². The van der Waals surface area contributed by atoms with E-state index in [0.717, 1.165) is 18.4 Å². The summed E-state index contributed by atoms with van der Waals surface area (Å²) in [4.78, 5) is 36.2. The molecule has 3 atom stereocenters. The van der Waals surface area contributed by atoms with Gasteiger partial charge in [-0.3, -0.25) is 4.79 Å². The number of ether oxygens (including phenoxy) is 1. The van der Waals surface area contributed by atoms with Gasteiger partial charge in [0.25, 0.3) is 0 Å². The van der Waals surface area contributed by atoms with Crippen LogP contribution in [0.4, 0.5) is 23.8 Å². The lowest BCUT2D eigenvalue weighted by Gasteiger charge is -2.37. The number of nitrogens with zero attached hydrogens (tertiary/aromatic N) is 5. The van der Waals surface area contributed by atoms with Crippen molar-refractivity contribution in [3.63, 3.8) is 0 Å². The molecule has 12 heteroatoms. The number of piperidine rings is 1. The van der Waals surface area contributed by atoms with E-state index in [9.17, 15) is 22.8 Å². The van der Waals surface area contributed by atoms with Crippen LogP contribution in [-0.2, 0) is 9.53 Å². The molecule has 2 aromatic rings. The molecule has 8 nitrogen and oxygen atoms in total. The summed E-state index contributed by atoms with van der Waals surface area (Å²) >= 11 is 6.09. The van der Waals surface area contributed by atoms with Crippen molar-refractivity contribution in [3.05, 3.63) is 58.7 Å². The average Bonchev–Trinajstić information content (AvgIpc) is 3.40. The smallest absolute Gasteiger partial charge is 0.409 e. The molecule has 2 aliphatic rings. The molecule has 2 fully saturated rings. The Hall–Kier alpha value is -3.52. The molecule has 1 unspecified atom stereocenters. The van der Waals surface area contributed by atoms with Crippen LogP contribution < -0.4 is 4.90 Å². The number of hydrogen-bond donors (Lipinski definition) is 0. The minimum absolute atomic E-state index is 0.0840. The second-order valence-electron chi connectivity index (χ2n) is 10.1. The number of pyridine rings is 1. The van der Waals surface area contributed by atoms with E-state index in [-0.39, 0.29) is 31.4 Å². The molecule has 1 aromatic heterocycles. The fourth-order valence-corrected chi connectivity index (χ4v) is 5.49. The molecule has 0 bridgehead atoms. The zero-order valence-electron chi connectivity index (χ0n) is 22.1.